The van der Waals surface area contributed by atoms with E-state index < -0.39 is 5.97 Å². The highest BCUT2D eigenvalue weighted by molar-refractivity contribution is 7.13. The van der Waals surface area contributed by atoms with Gasteiger partial charge in [-0.2, -0.15) is 0 Å². The SMILES string of the molecule is C/C(=C\C(=O)O)c1sc(C)nc1-c1ccc(C)c(C)c1. The molecular formula is C16H17NO2S. The number of aryl methyl sites for hydroxylation is 3. The van der Waals surface area contributed by atoms with E-state index in [1.165, 1.54) is 28.5 Å². The number of carbonyl (C=O) groups is 1. The van der Waals surface area contributed by atoms with Crippen LogP contribution in [0.3, 0.4) is 0 Å². The molecule has 1 aromatic heterocycles. The van der Waals surface area contributed by atoms with Crippen LogP contribution in [-0.4, -0.2) is 16.1 Å². The molecule has 0 saturated heterocycles. The molecule has 0 aliphatic carbocycles. The smallest absolute Gasteiger partial charge is 0.328 e. The monoisotopic (exact) mass is 287 g/mol. The maximum atomic E-state index is 10.8. The van der Waals surface area contributed by atoms with E-state index in [9.17, 15) is 4.79 Å². The van der Waals surface area contributed by atoms with E-state index in [-0.39, 0.29) is 0 Å². The van der Waals surface area contributed by atoms with Gasteiger partial charge in [-0.05, 0) is 50.5 Å². The zero-order chi connectivity index (χ0) is 14.9. The Hall–Kier alpha value is -1.94. The number of hydrogen-bond acceptors (Lipinski definition) is 3. The molecule has 0 amide bonds. The summed E-state index contributed by atoms with van der Waals surface area (Å²) in [7, 11) is 0. The standard InChI is InChI=1S/C16H17NO2S/c1-9-5-6-13(7-10(9)2)15-16(20-12(4)17-15)11(3)8-14(18)19/h5-8H,1-4H3,(H,18,19)/b11-8+. The molecular weight excluding hydrogens is 270 g/mol. The maximum absolute atomic E-state index is 10.8. The van der Waals surface area contributed by atoms with E-state index in [1.807, 2.05) is 19.9 Å². The predicted octanol–water partition coefficient (Wildman–Crippen LogP) is 4.22. The molecule has 104 valence electrons. The van der Waals surface area contributed by atoms with Gasteiger partial charge in [-0.25, -0.2) is 9.78 Å². The Morgan fingerprint density at radius 3 is 2.55 bits per heavy atom. The van der Waals surface area contributed by atoms with Crippen molar-refractivity contribution in [2.24, 2.45) is 0 Å². The minimum Gasteiger partial charge on any atom is -0.478 e. The van der Waals surface area contributed by atoms with E-state index in [4.69, 9.17) is 5.11 Å². The number of nitrogens with zero attached hydrogens (tertiary/aromatic N) is 1. The Labute approximate surface area is 122 Å². The summed E-state index contributed by atoms with van der Waals surface area (Å²) in [5, 5.41) is 9.84. The van der Waals surface area contributed by atoms with Crippen molar-refractivity contribution in [3.8, 4) is 11.3 Å². The van der Waals surface area contributed by atoms with Crippen molar-refractivity contribution < 1.29 is 9.90 Å². The summed E-state index contributed by atoms with van der Waals surface area (Å²) >= 11 is 1.53. The van der Waals surface area contributed by atoms with E-state index >= 15 is 0 Å². The van der Waals surface area contributed by atoms with Crippen molar-refractivity contribution in [1.29, 1.82) is 0 Å². The van der Waals surface area contributed by atoms with Crippen LogP contribution < -0.4 is 0 Å². The van der Waals surface area contributed by atoms with Crippen LogP contribution in [0.4, 0.5) is 0 Å². The number of allylic oxidation sites excluding steroid dienone is 1. The summed E-state index contributed by atoms with van der Waals surface area (Å²) < 4.78 is 0. The molecule has 0 bridgehead atoms. The zero-order valence-corrected chi connectivity index (χ0v) is 12.8. The minimum atomic E-state index is -0.931. The summed E-state index contributed by atoms with van der Waals surface area (Å²) in [4.78, 5) is 16.3. The van der Waals surface area contributed by atoms with Gasteiger partial charge in [-0.1, -0.05) is 12.1 Å². The lowest BCUT2D eigenvalue weighted by Crippen LogP contribution is -1.91. The van der Waals surface area contributed by atoms with Crippen LogP contribution in [0.15, 0.2) is 24.3 Å². The van der Waals surface area contributed by atoms with Crippen LogP contribution in [-0.2, 0) is 4.79 Å². The molecule has 1 N–H and O–H groups in total. The number of thiazole rings is 1. The van der Waals surface area contributed by atoms with E-state index in [0.29, 0.717) is 0 Å². The van der Waals surface area contributed by atoms with Gasteiger partial charge in [0.1, 0.15) is 0 Å². The van der Waals surface area contributed by atoms with Crippen LogP contribution in [0.1, 0.15) is 27.9 Å². The highest BCUT2D eigenvalue weighted by atomic mass is 32.1. The number of carboxylic acid groups (broad SMARTS) is 1. The molecule has 0 aliphatic heterocycles. The molecule has 20 heavy (non-hydrogen) atoms. The maximum Gasteiger partial charge on any atom is 0.328 e. The predicted molar refractivity (Wildman–Crippen MR) is 83.0 cm³/mol. The quantitative estimate of drug-likeness (QED) is 0.860. The van der Waals surface area contributed by atoms with E-state index in [0.717, 1.165) is 26.7 Å². The first-order valence-corrected chi connectivity index (χ1v) is 7.17. The normalized spacial score (nSPS) is 11.7. The highest BCUT2D eigenvalue weighted by Crippen LogP contribution is 2.34. The Balaban J connectivity index is 2.57. The highest BCUT2D eigenvalue weighted by Gasteiger charge is 2.14. The van der Waals surface area contributed by atoms with Crippen LogP contribution in [0, 0.1) is 20.8 Å². The molecule has 0 fully saturated rings. The Kier molecular flexibility index (Phi) is 4.04. The first-order chi connectivity index (χ1) is 9.38. The second-order valence-corrected chi connectivity index (χ2v) is 6.08. The van der Waals surface area contributed by atoms with Crippen LogP contribution in [0.2, 0.25) is 0 Å². The lowest BCUT2D eigenvalue weighted by Gasteiger charge is -2.05. The fourth-order valence-corrected chi connectivity index (χ4v) is 2.94. The van der Waals surface area contributed by atoms with Gasteiger partial charge < -0.3 is 5.11 Å². The second-order valence-electron chi connectivity index (χ2n) is 4.88. The molecule has 3 nitrogen and oxygen atoms in total. The Bertz CT molecular complexity index is 698. The van der Waals surface area contributed by atoms with Crippen molar-refractivity contribution >= 4 is 22.9 Å². The largest absolute Gasteiger partial charge is 0.478 e. The van der Waals surface area contributed by atoms with Gasteiger partial charge in [0.05, 0.1) is 15.6 Å². The first-order valence-electron chi connectivity index (χ1n) is 6.35. The Morgan fingerprint density at radius 1 is 1.25 bits per heavy atom. The number of hydrogen-bond donors (Lipinski definition) is 1. The van der Waals surface area contributed by atoms with Crippen molar-refractivity contribution in [3.05, 3.63) is 45.3 Å². The average molecular weight is 287 g/mol. The summed E-state index contributed by atoms with van der Waals surface area (Å²) in [5.41, 5.74) is 5.08. The number of aromatic nitrogens is 1. The van der Waals surface area contributed by atoms with Gasteiger partial charge in [0.25, 0.3) is 0 Å². The molecule has 0 radical (unpaired) electrons. The summed E-state index contributed by atoms with van der Waals surface area (Å²) in [6, 6.07) is 6.20. The topological polar surface area (TPSA) is 50.2 Å². The summed E-state index contributed by atoms with van der Waals surface area (Å²) in [6.45, 7) is 7.89. The van der Waals surface area contributed by atoms with E-state index in [2.05, 4.69) is 31.0 Å². The minimum absolute atomic E-state index is 0.733. The van der Waals surface area contributed by atoms with Crippen molar-refractivity contribution in [2.45, 2.75) is 27.7 Å². The van der Waals surface area contributed by atoms with Crippen LogP contribution >= 0.6 is 11.3 Å². The molecule has 1 aromatic carbocycles. The second kappa shape index (κ2) is 5.59. The van der Waals surface area contributed by atoms with Gasteiger partial charge >= 0.3 is 5.97 Å². The van der Waals surface area contributed by atoms with Crippen molar-refractivity contribution in [3.63, 3.8) is 0 Å². The summed E-state index contributed by atoms with van der Waals surface area (Å²) in [5.74, 6) is -0.931. The molecule has 1 heterocycles. The molecule has 0 saturated carbocycles. The van der Waals surface area contributed by atoms with Crippen molar-refractivity contribution in [2.75, 3.05) is 0 Å². The van der Waals surface area contributed by atoms with Gasteiger partial charge in [0, 0.05) is 11.6 Å². The molecule has 2 rings (SSSR count). The molecule has 0 spiro atoms. The first kappa shape index (κ1) is 14.5. The van der Waals surface area contributed by atoms with Gasteiger partial charge in [-0.3, -0.25) is 0 Å². The number of benzene rings is 1. The fourth-order valence-electron chi connectivity index (χ4n) is 2.03. The molecule has 2 aromatic rings. The lowest BCUT2D eigenvalue weighted by molar-refractivity contribution is -0.131. The Morgan fingerprint density at radius 2 is 1.95 bits per heavy atom. The van der Waals surface area contributed by atoms with Gasteiger partial charge in [0.15, 0.2) is 0 Å². The third kappa shape index (κ3) is 2.96. The van der Waals surface area contributed by atoms with Gasteiger partial charge in [-0.15, -0.1) is 11.3 Å². The van der Waals surface area contributed by atoms with Crippen molar-refractivity contribution in [1.82, 2.24) is 4.98 Å². The van der Waals surface area contributed by atoms with E-state index in [1.54, 1.807) is 0 Å². The summed E-state index contributed by atoms with van der Waals surface area (Å²) in [6.07, 6.45) is 1.23. The third-order valence-corrected chi connectivity index (χ3v) is 4.32. The molecule has 4 heteroatoms. The van der Waals surface area contributed by atoms with Crippen LogP contribution in [0.25, 0.3) is 16.8 Å². The van der Waals surface area contributed by atoms with Crippen LogP contribution in [0.5, 0.6) is 0 Å². The lowest BCUT2D eigenvalue weighted by atomic mass is 10.0. The fraction of sp³-hybridized carbons (Fsp3) is 0.250. The average Bonchev–Trinajstić information content (AvgIpc) is 2.74. The zero-order valence-electron chi connectivity index (χ0n) is 12.0. The number of aliphatic carboxylic acids is 1. The molecule has 0 unspecified atom stereocenters. The third-order valence-electron chi connectivity index (χ3n) is 3.21. The van der Waals surface area contributed by atoms with Gasteiger partial charge in [0.2, 0.25) is 0 Å². The molecule has 0 atom stereocenters. The number of rotatable bonds is 3. The number of carboxylic acids is 1. The molecule has 0 aliphatic rings.